The van der Waals surface area contributed by atoms with E-state index in [2.05, 4.69) is 10.6 Å². The fourth-order valence-corrected chi connectivity index (χ4v) is 4.05. The molecule has 5 N–H and O–H groups in total. The number of aliphatic hydroxyl groups excluding tert-OH is 1. The molecule has 1 atom stereocenters. The number of phenols is 2. The van der Waals surface area contributed by atoms with E-state index >= 15 is 0 Å². The number of β-amino-alcohol motifs (C(OH)–C–C–N with tert-alkyl or cyclic N) is 1. The van der Waals surface area contributed by atoms with E-state index in [1.165, 1.54) is 25.3 Å². The first-order valence-corrected chi connectivity index (χ1v) is 12.0. The van der Waals surface area contributed by atoms with Crippen molar-refractivity contribution in [3.63, 3.8) is 0 Å². The number of carbonyl (C=O) groups excluding carboxylic acids is 2. The molecule has 196 valence electrons. The molecule has 0 fully saturated rings. The van der Waals surface area contributed by atoms with Crippen molar-refractivity contribution in [3.05, 3.63) is 94.5 Å². The molecule has 3 aromatic rings. The van der Waals surface area contributed by atoms with Gasteiger partial charge in [0.25, 0.3) is 0 Å². The van der Waals surface area contributed by atoms with Gasteiger partial charge in [0.05, 0.1) is 25.2 Å². The van der Waals surface area contributed by atoms with Crippen LogP contribution in [0, 0.1) is 0 Å². The summed E-state index contributed by atoms with van der Waals surface area (Å²) < 4.78 is 4.69. The Kier molecular flexibility index (Phi) is 9.27. The number of amides is 1. The maximum atomic E-state index is 12.5. The van der Waals surface area contributed by atoms with Gasteiger partial charge in [-0.2, -0.15) is 0 Å². The molecule has 0 saturated heterocycles. The van der Waals surface area contributed by atoms with Crippen molar-refractivity contribution in [1.29, 1.82) is 0 Å². The Morgan fingerprint density at radius 3 is 2.22 bits per heavy atom. The largest absolute Gasteiger partial charge is 0.508 e. The molecular formula is C29H34N2O6. The molecule has 0 aromatic heterocycles. The SMILES string of the molecule is COC(=O)c1ccc(CNC(=O)Cc2cccc(CC(C)(C)NC[C@H](O)c3cc(O)cc(O)c3)c2)cc1. The Labute approximate surface area is 216 Å². The standard InChI is InChI=1S/C29H34N2O6/c1-29(2,31-18-26(34)23-13-24(32)15-25(33)14-23)16-21-6-4-5-20(11-21)12-27(35)30-17-19-7-9-22(10-8-19)28(36)37-3/h4-11,13-15,26,31-34H,12,16-18H2,1-3H3,(H,30,35)/t26-/m0/s1. The second-order valence-electron chi connectivity index (χ2n) is 9.70. The van der Waals surface area contributed by atoms with Crippen LogP contribution >= 0.6 is 0 Å². The van der Waals surface area contributed by atoms with E-state index in [0.29, 0.717) is 24.1 Å². The molecule has 37 heavy (non-hydrogen) atoms. The number of phenolic OH excluding ortho intramolecular Hbond substituents is 2. The minimum atomic E-state index is -0.899. The normalized spacial score (nSPS) is 12.1. The number of nitrogens with one attached hydrogen (secondary N) is 2. The second kappa shape index (κ2) is 12.4. The summed E-state index contributed by atoms with van der Waals surface area (Å²) in [5.41, 5.74) is 3.34. The van der Waals surface area contributed by atoms with Crippen LogP contribution in [0.2, 0.25) is 0 Å². The average Bonchev–Trinajstić information content (AvgIpc) is 2.85. The number of methoxy groups -OCH3 is 1. The first kappa shape index (κ1) is 27.7. The van der Waals surface area contributed by atoms with E-state index in [-0.39, 0.29) is 35.9 Å². The Bertz CT molecular complexity index is 1200. The van der Waals surface area contributed by atoms with Crippen LogP contribution in [-0.4, -0.2) is 46.4 Å². The third kappa shape index (κ3) is 8.63. The van der Waals surface area contributed by atoms with Gasteiger partial charge in [0.2, 0.25) is 5.91 Å². The molecule has 0 saturated carbocycles. The first-order chi connectivity index (χ1) is 17.5. The molecule has 1 amide bonds. The van der Waals surface area contributed by atoms with Crippen molar-refractivity contribution in [3.8, 4) is 11.5 Å². The van der Waals surface area contributed by atoms with Gasteiger partial charge in [0.1, 0.15) is 11.5 Å². The smallest absolute Gasteiger partial charge is 0.337 e. The number of benzene rings is 3. The number of hydrogen-bond acceptors (Lipinski definition) is 7. The number of carbonyl (C=O) groups is 2. The maximum absolute atomic E-state index is 12.5. The molecule has 3 aromatic carbocycles. The molecule has 0 aliphatic rings. The molecule has 8 heteroatoms. The van der Waals surface area contributed by atoms with E-state index < -0.39 is 12.1 Å². The summed E-state index contributed by atoms with van der Waals surface area (Å²) in [6, 6.07) is 18.8. The Balaban J connectivity index is 1.51. The van der Waals surface area contributed by atoms with Crippen molar-refractivity contribution in [2.75, 3.05) is 13.7 Å². The van der Waals surface area contributed by atoms with Crippen LogP contribution in [0.3, 0.4) is 0 Å². The van der Waals surface area contributed by atoms with Gasteiger partial charge in [-0.3, -0.25) is 4.79 Å². The number of aromatic hydroxyl groups is 2. The van der Waals surface area contributed by atoms with Crippen LogP contribution in [0.25, 0.3) is 0 Å². The highest BCUT2D eigenvalue weighted by atomic mass is 16.5. The fourth-order valence-electron chi connectivity index (χ4n) is 4.05. The second-order valence-corrected chi connectivity index (χ2v) is 9.70. The van der Waals surface area contributed by atoms with Crippen LogP contribution in [0.4, 0.5) is 0 Å². The summed E-state index contributed by atoms with van der Waals surface area (Å²) in [5.74, 6) is -0.720. The highest BCUT2D eigenvalue weighted by Gasteiger charge is 2.21. The van der Waals surface area contributed by atoms with Crippen LogP contribution < -0.4 is 10.6 Å². The Morgan fingerprint density at radius 1 is 0.919 bits per heavy atom. The van der Waals surface area contributed by atoms with Crippen LogP contribution in [0.1, 0.15) is 52.6 Å². The zero-order valence-corrected chi connectivity index (χ0v) is 21.3. The summed E-state index contributed by atoms with van der Waals surface area (Å²) in [5, 5.41) is 36.0. The molecular weight excluding hydrogens is 472 g/mol. The van der Waals surface area contributed by atoms with Crippen molar-refractivity contribution < 1.29 is 29.6 Å². The summed E-state index contributed by atoms with van der Waals surface area (Å²) in [6.45, 7) is 4.63. The molecule has 0 aliphatic heterocycles. The van der Waals surface area contributed by atoms with Gasteiger partial charge < -0.3 is 30.7 Å². The lowest BCUT2D eigenvalue weighted by atomic mass is 9.93. The van der Waals surface area contributed by atoms with E-state index in [9.17, 15) is 24.9 Å². The van der Waals surface area contributed by atoms with E-state index in [4.69, 9.17) is 4.74 Å². The molecule has 0 spiro atoms. The molecule has 0 bridgehead atoms. The minimum Gasteiger partial charge on any atom is -0.508 e. The lowest BCUT2D eigenvalue weighted by Crippen LogP contribution is -2.43. The Morgan fingerprint density at radius 2 is 1.57 bits per heavy atom. The van der Waals surface area contributed by atoms with Gasteiger partial charge in [0.15, 0.2) is 0 Å². The fraction of sp³-hybridized carbons (Fsp3) is 0.310. The molecule has 8 nitrogen and oxygen atoms in total. The minimum absolute atomic E-state index is 0.106. The highest BCUT2D eigenvalue weighted by Crippen LogP contribution is 2.25. The highest BCUT2D eigenvalue weighted by molar-refractivity contribution is 5.89. The van der Waals surface area contributed by atoms with E-state index in [1.54, 1.807) is 24.3 Å². The molecule has 3 rings (SSSR count). The van der Waals surface area contributed by atoms with Crippen LogP contribution in [0.15, 0.2) is 66.7 Å². The average molecular weight is 507 g/mol. The molecule has 0 heterocycles. The lowest BCUT2D eigenvalue weighted by Gasteiger charge is -2.28. The number of ether oxygens (including phenoxy) is 1. The quantitative estimate of drug-likeness (QED) is 0.252. The number of hydrogen-bond donors (Lipinski definition) is 5. The van der Waals surface area contributed by atoms with Crippen molar-refractivity contribution >= 4 is 11.9 Å². The molecule has 0 unspecified atom stereocenters. The predicted octanol–water partition coefficient (Wildman–Crippen LogP) is 3.39. The summed E-state index contributed by atoms with van der Waals surface area (Å²) in [6.07, 6.45) is -0.00162. The van der Waals surface area contributed by atoms with Gasteiger partial charge >= 0.3 is 5.97 Å². The number of rotatable bonds is 11. The maximum Gasteiger partial charge on any atom is 0.337 e. The van der Waals surface area contributed by atoms with Gasteiger partial charge in [-0.1, -0.05) is 36.4 Å². The zero-order chi connectivity index (χ0) is 27.0. The van der Waals surface area contributed by atoms with E-state index in [1.807, 2.05) is 38.1 Å². The van der Waals surface area contributed by atoms with Gasteiger partial charge in [-0.05, 0) is 66.8 Å². The summed E-state index contributed by atoms with van der Waals surface area (Å²) in [7, 11) is 1.33. The van der Waals surface area contributed by atoms with Crippen molar-refractivity contribution in [2.45, 2.75) is 44.9 Å². The lowest BCUT2D eigenvalue weighted by molar-refractivity contribution is -0.120. The third-order valence-corrected chi connectivity index (χ3v) is 5.95. The predicted molar refractivity (Wildman–Crippen MR) is 140 cm³/mol. The summed E-state index contributed by atoms with van der Waals surface area (Å²) in [4.78, 5) is 24.0. The monoisotopic (exact) mass is 506 g/mol. The van der Waals surface area contributed by atoms with Crippen molar-refractivity contribution in [1.82, 2.24) is 10.6 Å². The van der Waals surface area contributed by atoms with Gasteiger partial charge in [0, 0.05) is 24.7 Å². The van der Waals surface area contributed by atoms with Crippen LogP contribution in [0.5, 0.6) is 11.5 Å². The topological polar surface area (TPSA) is 128 Å². The summed E-state index contributed by atoms with van der Waals surface area (Å²) >= 11 is 0. The van der Waals surface area contributed by atoms with Gasteiger partial charge in [-0.15, -0.1) is 0 Å². The molecule has 0 radical (unpaired) electrons. The third-order valence-electron chi connectivity index (χ3n) is 5.95. The first-order valence-electron chi connectivity index (χ1n) is 12.0. The van der Waals surface area contributed by atoms with E-state index in [0.717, 1.165) is 16.7 Å². The Hall–Kier alpha value is -3.88. The molecule has 0 aliphatic carbocycles. The number of aliphatic hydroxyl groups is 1. The van der Waals surface area contributed by atoms with Crippen molar-refractivity contribution in [2.24, 2.45) is 0 Å². The zero-order valence-electron chi connectivity index (χ0n) is 21.3. The van der Waals surface area contributed by atoms with Gasteiger partial charge in [-0.25, -0.2) is 4.79 Å². The number of esters is 1. The van der Waals surface area contributed by atoms with Crippen LogP contribution in [-0.2, 0) is 28.9 Å².